The Morgan fingerprint density at radius 3 is 2.78 bits per heavy atom. The fraction of sp³-hybridized carbons (Fsp3) is 0.188. The SMILES string of the molecule is CCCn1ccc2c(cnc3nc(-c4ccncc4)nn32)c1=O. The quantitative estimate of drug-likeness (QED) is 0.578. The van der Waals surface area contributed by atoms with Crippen molar-refractivity contribution >= 4 is 16.7 Å². The average Bonchev–Trinajstić information content (AvgIpc) is 3.03. The van der Waals surface area contributed by atoms with Crippen LogP contribution in [-0.2, 0) is 6.54 Å². The van der Waals surface area contributed by atoms with Crippen LogP contribution in [0, 0.1) is 0 Å². The summed E-state index contributed by atoms with van der Waals surface area (Å²) < 4.78 is 3.30. The highest BCUT2D eigenvalue weighted by Crippen LogP contribution is 2.17. The second-order valence-corrected chi connectivity index (χ2v) is 5.25. The van der Waals surface area contributed by atoms with E-state index in [2.05, 4.69) is 20.1 Å². The van der Waals surface area contributed by atoms with Crippen molar-refractivity contribution in [1.82, 2.24) is 29.1 Å². The molecule has 0 saturated carbocycles. The molecule has 4 aromatic rings. The number of nitrogens with zero attached hydrogens (tertiary/aromatic N) is 6. The summed E-state index contributed by atoms with van der Waals surface area (Å²) >= 11 is 0. The number of fused-ring (bicyclic) bond motifs is 3. The minimum Gasteiger partial charge on any atom is -0.315 e. The Bertz CT molecular complexity index is 1050. The zero-order chi connectivity index (χ0) is 15.8. The predicted octanol–water partition coefficient (Wildman–Crippen LogP) is 1.91. The highest BCUT2D eigenvalue weighted by atomic mass is 16.1. The van der Waals surface area contributed by atoms with Gasteiger partial charge in [-0.25, -0.2) is 4.98 Å². The van der Waals surface area contributed by atoms with Crippen LogP contribution in [0.15, 0.2) is 47.8 Å². The smallest absolute Gasteiger partial charge is 0.261 e. The van der Waals surface area contributed by atoms with E-state index in [0.717, 1.165) is 12.0 Å². The first-order chi connectivity index (χ1) is 11.3. The molecule has 0 atom stereocenters. The second-order valence-electron chi connectivity index (χ2n) is 5.25. The lowest BCUT2D eigenvalue weighted by Gasteiger charge is -2.05. The van der Waals surface area contributed by atoms with Gasteiger partial charge in [0.2, 0.25) is 0 Å². The molecule has 23 heavy (non-hydrogen) atoms. The van der Waals surface area contributed by atoms with Crippen molar-refractivity contribution in [3.05, 3.63) is 53.3 Å². The van der Waals surface area contributed by atoms with Crippen molar-refractivity contribution in [3.63, 3.8) is 0 Å². The van der Waals surface area contributed by atoms with E-state index >= 15 is 0 Å². The molecule has 0 spiro atoms. The van der Waals surface area contributed by atoms with Crippen molar-refractivity contribution in [1.29, 1.82) is 0 Å². The first-order valence-corrected chi connectivity index (χ1v) is 7.43. The minimum atomic E-state index is -0.0558. The third kappa shape index (κ3) is 2.17. The van der Waals surface area contributed by atoms with Gasteiger partial charge in [-0.3, -0.25) is 9.78 Å². The van der Waals surface area contributed by atoms with Crippen molar-refractivity contribution in [2.24, 2.45) is 0 Å². The summed E-state index contributed by atoms with van der Waals surface area (Å²) in [7, 11) is 0. The second kappa shape index (κ2) is 5.28. The van der Waals surface area contributed by atoms with E-state index in [1.807, 2.05) is 25.1 Å². The van der Waals surface area contributed by atoms with Crippen molar-refractivity contribution in [3.8, 4) is 11.4 Å². The molecule has 4 heterocycles. The Labute approximate surface area is 131 Å². The molecule has 4 rings (SSSR count). The first-order valence-electron chi connectivity index (χ1n) is 7.43. The number of aryl methyl sites for hydroxylation is 1. The first kappa shape index (κ1) is 13.6. The van der Waals surface area contributed by atoms with Gasteiger partial charge in [0, 0.05) is 36.9 Å². The summed E-state index contributed by atoms with van der Waals surface area (Å²) in [4.78, 5) is 25.2. The van der Waals surface area contributed by atoms with Gasteiger partial charge < -0.3 is 4.57 Å². The highest BCUT2D eigenvalue weighted by Gasteiger charge is 2.12. The van der Waals surface area contributed by atoms with E-state index < -0.39 is 0 Å². The van der Waals surface area contributed by atoms with E-state index in [1.54, 1.807) is 33.9 Å². The zero-order valence-corrected chi connectivity index (χ0v) is 12.5. The standard InChI is InChI=1S/C16H14N6O/c1-2-8-21-9-5-13-12(15(21)23)10-18-16-19-14(20-22(13)16)11-3-6-17-7-4-11/h3-7,9-10H,2,8H2,1H3. The van der Waals surface area contributed by atoms with Gasteiger partial charge in [-0.05, 0) is 24.6 Å². The molecule has 0 aliphatic rings. The van der Waals surface area contributed by atoms with Crippen molar-refractivity contribution < 1.29 is 0 Å². The van der Waals surface area contributed by atoms with Crippen LogP contribution in [-0.4, -0.2) is 29.1 Å². The Hall–Kier alpha value is -3.09. The van der Waals surface area contributed by atoms with Crippen molar-refractivity contribution in [2.45, 2.75) is 19.9 Å². The molecule has 0 aliphatic carbocycles. The summed E-state index contributed by atoms with van der Waals surface area (Å²) in [6.45, 7) is 2.73. The van der Waals surface area contributed by atoms with Gasteiger partial charge in [-0.2, -0.15) is 9.50 Å². The number of aromatic nitrogens is 6. The zero-order valence-electron chi connectivity index (χ0n) is 12.5. The van der Waals surface area contributed by atoms with Crippen LogP contribution in [0.1, 0.15) is 13.3 Å². The molecule has 7 nitrogen and oxygen atoms in total. The predicted molar refractivity (Wildman–Crippen MR) is 86.1 cm³/mol. The van der Waals surface area contributed by atoms with Crippen LogP contribution < -0.4 is 5.56 Å². The van der Waals surface area contributed by atoms with Crippen LogP contribution in [0.25, 0.3) is 28.1 Å². The van der Waals surface area contributed by atoms with Gasteiger partial charge in [-0.15, -0.1) is 5.10 Å². The Balaban J connectivity index is 1.97. The van der Waals surface area contributed by atoms with Crippen LogP contribution in [0.5, 0.6) is 0 Å². The maximum atomic E-state index is 12.5. The van der Waals surface area contributed by atoms with Crippen LogP contribution in [0.4, 0.5) is 0 Å². The van der Waals surface area contributed by atoms with E-state index in [1.165, 1.54) is 0 Å². The van der Waals surface area contributed by atoms with Gasteiger partial charge in [-0.1, -0.05) is 6.92 Å². The average molecular weight is 306 g/mol. The van der Waals surface area contributed by atoms with Crippen LogP contribution in [0.3, 0.4) is 0 Å². The molecule has 0 fully saturated rings. The third-order valence-electron chi connectivity index (χ3n) is 3.71. The molecule has 114 valence electrons. The maximum Gasteiger partial charge on any atom is 0.261 e. The van der Waals surface area contributed by atoms with Gasteiger partial charge in [0.15, 0.2) is 5.82 Å². The summed E-state index contributed by atoms with van der Waals surface area (Å²) in [5.41, 5.74) is 1.51. The number of rotatable bonds is 3. The van der Waals surface area contributed by atoms with E-state index in [9.17, 15) is 4.79 Å². The Morgan fingerprint density at radius 1 is 1.17 bits per heavy atom. The fourth-order valence-electron chi connectivity index (χ4n) is 2.60. The molecule has 0 saturated heterocycles. The largest absolute Gasteiger partial charge is 0.315 e. The molecule has 0 aliphatic heterocycles. The van der Waals surface area contributed by atoms with Gasteiger partial charge in [0.05, 0.1) is 10.9 Å². The molecule has 7 heteroatoms. The Morgan fingerprint density at radius 2 is 2.00 bits per heavy atom. The molecule has 0 unspecified atom stereocenters. The molecule has 0 aromatic carbocycles. The van der Waals surface area contributed by atoms with Gasteiger partial charge in [0.1, 0.15) is 0 Å². The number of hydrogen-bond donors (Lipinski definition) is 0. The van der Waals surface area contributed by atoms with E-state index in [4.69, 9.17) is 0 Å². The maximum absolute atomic E-state index is 12.5. The van der Waals surface area contributed by atoms with Gasteiger partial charge in [0.25, 0.3) is 11.3 Å². The molecule has 0 amide bonds. The summed E-state index contributed by atoms with van der Waals surface area (Å²) in [6.07, 6.45) is 7.65. The van der Waals surface area contributed by atoms with Crippen LogP contribution >= 0.6 is 0 Å². The molecule has 4 aromatic heterocycles. The minimum absolute atomic E-state index is 0.0558. The molecule has 0 radical (unpaired) electrons. The van der Waals surface area contributed by atoms with Gasteiger partial charge >= 0.3 is 0 Å². The van der Waals surface area contributed by atoms with E-state index in [-0.39, 0.29) is 5.56 Å². The lowest BCUT2D eigenvalue weighted by atomic mass is 10.3. The lowest BCUT2D eigenvalue weighted by molar-refractivity contribution is 0.658. The summed E-state index contributed by atoms with van der Waals surface area (Å²) in [6, 6.07) is 5.56. The number of pyridine rings is 2. The third-order valence-corrected chi connectivity index (χ3v) is 3.71. The monoisotopic (exact) mass is 306 g/mol. The normalized spacial score (nSPS) is 11.3. The molecule has 0 N–H and O–H groups in total. The summed E-state index contributed by atoms with van der Waals surface area (Å²) in [5.74, 6) is 1.03. The van der Waals surface area contributed by atoms with E-state index in [0.29, 0.717) is 29.0 Å². The van der Waals surface area contributed by atoms with Crippen molar-refractivity contribution in [2.75, 3.05) is 0 Å². The van der Waals surface area contributed by atoms with Crippen LogP contribution in [0.2, 0.25) is 0 Å². The fourth-order valence-corrected chi connectivity index (χ4v) is 2.60. The topological polar surface area (TPSA) is 78.0 Å². The summed E-state index contributed by atoms with van der Waals surface area (Å²) in [5, 5.41) is 5.04. The highest BCUT2D eigenvalue weighted by molar-refractivity contribution is 5.79. The molecular formula is C16H14N6O. The molecule has 0 bridgehead atoms. The number of hydrogen-bond acceptors (Lipinski definition) is 5. The molecular weight excluding hydrogens is 292 g/mol. The lowest BCUT2D eigenvalue weighted by Crippen LogP contribution is -2.20. The Kier molecular flexibility index (Phi) is 3.11.